The molecule has 17 heavy (non-hydrogen) atoms. The summed E-state index contributed by atoms with van der Waals surface area (Å²) in [5.41, 5.74) is 2.26. The summed E-state index contributed by atoms with van der Waals surface area (Å²) in [6.07, 6.45) is 2.13. The third-order valence-electron chi connectivity index (χ3n) is 3.48. The van der Waals surface area contributed by atoms with Crippen molar-refractivity contribution in [2.24, 2.45) is 5.92 Å². The third-order valence-corrected chi connectivity index (χ3v) is 3.48. The maximum atomic E-state index is 11.7. The Morgan fingerprint density at radius 3 is 2.88 bits per heavy atom. The molecular weight excluding hydrogens is 214 g/mol. The van der Waals surface area contributed by atoms with Crippen LogP contribution in [0.4, 0.5) is 5.69 Å². The predicted octanol–water partition coefficient (Wildman–Crippen LogP) is 2.63. The van der Waals surface area contributed by atoms with Crippen molar-refractivity contribution in [3.05, 3.63) is 23.8 Å². The van der Waals surface area contributed by atoms with Crippen LogP contribution in [-0.4, -0.2) is 19.6 Å². The highest BCUT2D eigenvalue weighted by atomic mass is 16.5. The molecule has 1 amide bonds. The number of benzene rings is 1. The Kier molecular flexibility index (Phi) is 3.36. The highest BCUT2D eigenvalue weighted by Crippen LogP contribution is 2.33. The summed E-state index contributed by atoms with van der Waals surface area (Å²) in [7, 11) is 1.67. The Balaban J connectivity index is 2.40. The zero-order valence-corrected chi connectivity index (χ0v) is 10.7. The highest BCUT2D eigenvalue weighted by Gasteiger charge is 2.25. The molecule has 1 aromatic rings. The molecule has 0 saturated heterocycles. The minimum Gasteiger partial charge on any atom is -0.497 e. The first-order valence-electron chi connectivity index (χ1n) is 6.10. The molecule has 1 aliphatic heterocycles. The first kappa shape index (κ1) is 12.0. The van der Waals surface area contributed by atoms with Gasteiger partial charge in [-0.3, -0.25) is 4.79 Å². The van der Waals surface area contributed by atoms with Crippen LogP contribution in [-0.2, 0) is 11.2 Å². The van der Waals surface area contributed by atoms with E-state index < -0.39 is 0 Å². The van der Waals surface area contributed by atoms with E-state index in [2.05, 4.69) is 6.92 Å². The molecule has 1 aromatic carbocycles. The number of amides is 1. The Bertz CT molecular complexity index is 428. The Morgan fingerprint density at radius 2 is 2.29 bits per heavy atom. The molecule has 0 N–H and O–H groups in total. The Labute approximate surface area is 102 Å². The molecule has 0 radical (unpaired) electrons. The zero-order chi connectivity index (χ0) is 12.4. The van der Waals surface area contributed by atoms with Gasteiger partial charge in [-0.15, -0.1) is 0 Å². The SMILES string of the molecule is CCC1Cc2cc(OC)ccc2N(C(C)=O)C1. The fourth-order valence-electron chi connectivity index (χ4n) is 2.42. The van der Waals surface area contributed by atoms with Gasteiger partial charge < -0.3 is 9.64 Å². The normalized spacial score (nSPS) is 18.8. The molecule has 0 aromatic heterocycles. The molecule has 0 fully saturated rings. The van der Waals surface area contributed by atoms with Gasteiger partial charge in [-0.2, -0.15) is 0 Å². The van der Waals surface area contributed by atoms with E-state index in [1.54, 1.807) is 14.0 Å². The van der Waals surface area contributed by atoms with Crippen molar-refractivity contribution >= 4 is 11.6 Å². The van der Waals surface area contributed by atoms with E-state index in [9.17, 15) is 4.79 Å². The maximum absolute atomic E-state index is 11.7. The molecule has 1 heterocycles. The van der Waals surface area contributed by atoms with Gasteiger partial charge in [-0.05, 0) is 36.1 Å². The molecule has 92 valence electrons. The number of anilines is 1. The van der Waals surface area contributed by atoms with E-state index in [0.717, 1.165) is 30.8 Å². The number of methoxy groups -OCH3 is 1. The van der Waals surface area contributed by atoms with Crippen molar-refractivity contribution in [2.45, 2.75) is 26.7 Å². The van der Waals surface area contributed by atoms with Gasteiger partial charge in [0, 0.05) is 19.2 Å². The van der Waals surface area contributed by atoms with Crippen LogP contribution in [0.3, 0.4) is 0 Å². The van der Waals surface area contributed by atoms with Crippen LogP contribution in [0.25, 0.3) is 0 Å². The Morgan fingerprint density at radius 1 is 1.53 bits per heavy atom. The predicted molar refractivity (Wildman–Crippen MR) is 68.5 cm³/mol. The van der Waals surface area contributed by atoms with E-state index >= 15 is 0 Å². The summed E-state index contributed by atoms with van der Waals surface area (Å²) in [6, 6.07) is 5.95. The van der Waals surface area contributed by atoms with E-state index in [4.69, 9.17) is 4.74 Å². The van der Waals surface area contributed by atoms with Crippen LogP contribution in [0.15, 0.2) is 18.2 Å². The minimum absolute atomic E-state index is 0.120. The van der Waals surface area contributed by atoms with Crippen LogP contribution in [0, 0.1) is 5.92 Å². The summed E-state index contributed by atoms with van der Waals surface area (Å²) >= 11 is 0. The summed E-state index contributed by atoms with van der Waals surface area (Å²) < 4.78 is 5.24. The third kappa shape index (κ3) is 2.28. The highest BCUT2D eigenvalue weighted by molar-refractivity contribution is 5.93. The quantitative estimate of drug-likeness (QED) is 0.786. The largest absolute Gasteiger partial charge is 0.497 e. The van der Waals surface area contributed by atoms with Crippen LogP contribution < -0.4 is 9.64 Å². The number of carbonyl (C=O) groups excluding carboxylic acids is 1. The van der Waals surface area contributed by atoms with Crippen molar-refractivity contribution in [1.29, 1.82) is 0 Å². The number of hydrogen-bond acceptors (Lipinski definition) is 2. The van der Waals surface area contributed by atoms with Crippen molar-refractivity contribution in [2.75, 3.05) is 18.6 Å². The topological polar surface area (TPSA) is 29.5 Å². The molecular formula is C14H19NO2. The monoisotopic (exact) mass is 233 g/mol. The molecule has 1 atom stereocenters. The Hall–Kier alpha value is -1.51. The van der Waals surface area contributed by atoms with Crippen LogP contribution in [0.1, 0.15) is 25.8 Å². The second-order valence-corrected chi connectivity index (χ2v) is 4.60. The lowest BCUT2D eigenvalue weighted by Crippen LogP contribution is -2.38. The van der Waals surface area contributed by atoms with E-state index in [0.29, 0.717) is 5.92 Å². The first-order valence-corrected chi connectivity index (χ1v) is 6.10. The summed E-state index contributed by atoms with van der Waals surface area (Å²) in [5, 5.41) is 0. The van der Waals surface area contributed by atoms with Gasteiger partial charge in [0.1, 0.15) is 5.75 Å². The first-order chi connectivity index (χ1) is 8.15. The summed E-state index contributed by atoms with van der Waals surface area (Å²) in [4.78, 5) is 13.6. The van der Waals surface area contributed by atoms with Crippen molar-refractivity contribution in [3.63, 3.8) is 0 Å². The second kappa shape index (κ2) is 4.78. The molecule has 3 heteroatoms. The van der Waals surface area contributed by atoms with Crippen LogP contribution in [0.5, 0.6) is 5.75 Å². The van der Waals surface area contributed by atoms with Crippen LogP contribution in [0.2, 0.25) is 0 Å². The van der Waals surface area contributed by atoms with E-state index in [1.165, 1.54) is 5.56 Å². The number of carbonyl (C=O) groups is 1. The molecule has 0 bridgehead atoms. The lowest BCUT2D eigenvalue weighted by atomic mass is 9.90. The van der Waals surface area contributed by atoms with Gasteiger partial charge in [-0.1, -0.05) is 13.3 Å². The molecule has 1 aliphatic rings. The number of nitrogens with zero attached hydrogens (tertiary/aromatic N) is 1. The number of fused-ring (bicyclic) bond motifs is 1. The zero-order valence-electron chi connectivity index (χ0n) is 10.7. The number of rotatable bonds is 2. The summed E-state index contributed by atoms with van der Waals surface area (Å²) in [5.74, 6) is 1.54. The smallest absolute Gasteiger partial charge is 0.223 e. The van der Waals surface area contributed by atoms with Gasteiger partial charge in [0.2, 0.25) is 5.91 Å². The maximum Gasteiger partial charge on any atom is 0.223 e. The molecule has 2 rings (SSSR count). The second-order valence-electron chi connectivity index (χ2n) is 4.60. The van der Waals surface area contributed by atoms with E-state index in [-0.39, 0.29) is 5.91 Å². The van der Waals surface area contributed by atoms with E-state index in [1.807, 2.05) is 23.1 Å². The van der Waals surface area contributed by atoms with Crippen LogP contribution >= 0.6 is 0 Å². The average Bonchev–Trinajstić information content (AvgIpc) is 2.36. The average molecular weight is 233 g/mol. The van der Waals surface area contributed by atoms with Gasteiger partial charge >= 0.3 is 0 Å². The minimum atomic E-state index is 0.120. The molecule has 3 nitrogen and oxygen atoms in total. The number of hydrogen-bond donors (Lipinski definition) is 0. The van der Waals surface area contributed by atoms with Crippen molar-refractivity contribution < 1.29 is 9.53 Å². The molecule has 0 aliphatic carbocycles. The van der Waals surface area contributed by atoms with Gasteiger partial charge in [0.05, 0.1) is 7.11 Å². The lowest BCUT2D eigenvalue weighted by molar-refractivity contribution is -0.116. The van der Waals surface area contributed by atoms with Gasteiger partial charge in [0.25, 0.3) is 0 Å². The molecule has 0 saturated carbocycles. The fourth-order valence-corrected chi connectivity index (χ4v) is 2.42. The van der Waals surface area contributed by atoms with Gasteiger partial charge in [0.15, 0.2) is 0 Å². The standard InChI is InChI=1S/C14H19NO2/c1-4-11-7-12-8-13(17-3)5-6-14(12)15(9-11)10(2)16/h5-6,8,11H,4,7,9H2,1-3H3. The summed E-state index contributed by atoms with van der Waals surface area (Å²) in [6.45, 7) is 4.64. The molecule has 0 spiro atoms. The lowest BCUT2D eigenvalue weighted by Gasteiger charge is -2.33. The number of ether oxygens (including phenoxy) is 1. The van der Waals surface area contributed by atoms with Gasteiger partial charge in [-0.25, -0.2) is 0 Å². The fraction of sp³-hybridized carbons (Fsp3) is 0.500. The molecule has 1 unspecified atom stereocenters. The van der Waals surface area contributed by atoms with Crippen molar-refractivity contribution in [3.8, 4) is 5.75 Å². The van der Waals surface area contributed by atoms with Crippen molar-refractivity contribution in [1.82, 2.24) is 0 Å².